The molecule has 0 aliphatic heterocycles. The number of aryl methyl sites for hydroxylation is 1. The second kappa shape index (κ2) is 5.29. The molecule has 0 unspecified atom stereocenters. The van der Waals surface area contributed by atoms with E-state index in [2.05, 4.69) is 23.4 Å². The molecule has 0 saturated carbocycles. The number of nitrogens with zero attached hydrogens (tertiary/aromatic N) is 2. The Kier molecular flexibility index (Phi) is 4.32. The number of imidazole rings is 1. The molecule has 4 heteroatoms. The minimum atomic E-state index is 0.284. The summed E-state index contributed by atoms with van der Waals surface area (Å²) in [4.78, 5) is 4.26. The largest absolute Gasteiger partial charge is 0.327 e. The van der Waals surface area contributed by atoms with Crippen molar-refractivity contribution in [3.8, 4) is 0 Å². The summed E-state index contributed by atoms with van der Waals surface area (Å²) in [5.74, 6) is 0.952. The van der Waals surface area contributed by atoms with Crippen LogP contribution in [0.2, 0.25) is 0 Å². The lowest BCUT2D eigenvalue weighted by atomic mass is 10.3. The molecule has 2 N–H and O–H groups in total. The van der Waals surface area contributed by atoms with Gasteiger partial charge in [0.2, 0.25) is 0 Å². The average Bonchev–Trinajstić information content (AvgIpc) is 2.61. The lowest BCUT2D eigenvalue weighted by Gasteiger charge is -2.08. The number of hydrogen-bond acceptors (Lipinski definition) is 3. The molecule has 1 aromatic heterocycles. The van der Waals surface area contributed by atoms with Crippen LogP contribution in [0.1, 0.15) is 20.3 Å². The summed E-state index contributed by atoms with van der Waals surface area (Å²) >= 11 is 1.74. The number of rotatable bonds is 5. The van der Waals surface area contributed by atoms with E-state index in [4.69, 9.17) is 5.73 Å². The monoisotopic (exact) mass is 199 g/mol. The van der Waals surface area contributed by atoms with Crippen LogP contribution in [0, 0.1) is 0 Å². The van der Waals surface area contributed by atoms with Gasteiger partial charge in [-0.2, -0.15) is 0 Å². The molecule has 1 aromatic rings. The van der Waals surface area contributed by atoms with Crippen LogP contribution >= 0.6 is 11.8 Å². The Morgan fingerprint density at radius 2 is 2.38 bits per heavy atom. The third-order valence-electron chi connectivity index (χ3n) is 1.97. The molecular weight excluding hydrogens is 182 g/mol. The van der Waals surface area contributed by atoms with Crippen LogP contribution in [-0.4, -0.2) is 21.3 Å². The standard InChI is InChI=1S/C9H17N3S/c1-3-8(10)7-13-9-11-5-6-12(9)4-2/h5-6,8H,3-4,7,10H2,1-2H3/t8-/m0/s1. The van der Waals surface area contributed by atoms with Gasteiger partial charge in [0, 0.05) is 30.7 Å². The summed E-state index contributed by atoms with van der Waals surface area (Å²) in [5, 5.41) is 1.08. The molecule has 13 heavy (non-hydrogen) atoms. The molecule has 0 fully saturated rings. The molecule has 1 rings (SSSR count). The third-order valence-corrected chi connectivity index (χ3v) is 3.16. The van der Waals surface area contributed by atoms with Gasteiger partial charge in [-0.05, 0) is 13.3 Å². The molecule has 0 aromatic carbocycles. The first-order chi connectivity index (χ1) is 6.27. The zero-order chi connectivity index (χ0) is 9.68. The van der Waals surface area contributed by atoms with Gasteiger partial charge in [0.05, 0.1) is 0 Å². The Balaban J connectivity index is 2.44. The maximum absolute atomic E-state index is 5.82. The van der Waals surface area contributed by atoms with E-state index in [1.165, 1.54) is 0 Å². The number of aromatic nitrogens is 2. The highest BCUT2D eigenvalue weighted by atomic mass is 32.2. The van der Waals surface area contributed by atoms with Crippen LogP contribution in [0.4, 0.5) is 0 Å². The third kappa shape index (κ3) is 3.04. The maximum atomic E-state index is 5.82. The fourth-order valence-corrected chi connectivity index (χ4v) is 2.07. The summed E-state index contributed by atoms with van der Waals surface area (Å²) in [6.45, 7) is 5.20. The van der Waals surface area contributed by atoms with E-state index in [1.807, 2.05) is 12.4 Å². The van der Waals surface area contributed by atoms with Crippen molar-refractivity contribution >= 4 is 11.8 Å². The molecule has 74 valence electrons. The van der Waals surface area contributed by atoms with E-state index < -0.39 is 0 Å². The quantitative estimate of drug-likeness (QED) is 0.734. The number of thioether (sulfide) groups is 1. The van der Waals surface area contributed by atoms with Crippen molar-refractivity contribution in [2.75, 3.05) is 5.75 Å². The first kappa shape index (κ1) is 10.6. The lowest BCUT2D eigenvalue weighted by molar-refractivity contribution is 0.675. The molecule has 0 amide bonds. The zero-order valence-corrected chi connectivity index (χ0v) is 9.05. The Morgan fingerprint density at radius 3 is 3.00 bits per heavy atom. The van der Waals surface area contributed by atoms with E-state index in [1.54, 1.807) is 11.8 Å². The minimum Gasteiger partial charge on any atom is -0.327 e. The van der Waals surface area contributed by atoms with Gasteiger partial charge in [-0.25, -0.2) is 4.98 Å². The minimum absolute atomic E-state index is 0.284. The second-order valence-corrected chi connectivity index (χ2v) is 3.96. The smallest absolute Gasteiger partial charge is 0.167 e. The topological polar surface area (TPSA) is 43.8 Å². The van der Waals surface area contributed by atoms with Crippen LogP contribution in [-0.2, 0) is 6.54 Å². The van der Waals surface area contributed by atoms with Crippen molar-refractivity contribution in [1.29, 1.82) is 0 Å². The highest BCUT2D eigenvalue weighted by Crippen LogP contribution is 2.16. The molecule has 1 atom stereocenters. The molecule has 0 radical (unpaired) electrons. The summed E-state index contributed by atoms with van der Waals surface area (Å²) in [5.41, 5.74) is 5.82. The number of nitrogens with two attached hydrogens (primary N) is 1. The van der Waals surface area contributed by atoms with Crippen LogP contribution in [0.5, 0.6) is 0 Å². The number of hydrogen-bond donors (Lipinski definition) is 1. The molecule has 0 spiro atoms. The predicted molar refractivity (Wildman–Crippen MR) is 56.9 cm³/mol. The SMILES string of the molecule is CC[C@H](N)CSc1nccn1CC. The van der Waals surface area contributed by atoms with E-state index in [-0.39, 0.29) is 6.04 Å². The highest BCUT2D eigenvalue weighted by Gasteiger charge is 2.04. The first-order valence-electron chi connectivity index (χ1n) is 4.67. The van der Waals surface area contributed by atoms with Crippen LogP contribution in [0.25, 0.3) is 0 Å². The van der Waals surface area contributed by atoms with Gasteiger partial charge in [-0.3, -0.25) is 0 Å². The normalized spacial score (nSPS) is 13.2. The van der Waals surface area contributed by atoms with Gasteiger partial charge in [-0.1, -0.05) is 18.7 Å². The van der Waals surface area contributed by atoms with Gasteiger partial charge in [0.15, 0.2) is 5.16 Å². The maximum Gasteiger partial charge on any atom is 0.167 e. The van der Waals surface area contributed by atoms with Crippen molar-refractivity contribution in [2.45, 2.75) is 38.0 Å². The first-order valence-corrected chi connectivity index (χ1v) is 5.66. The summed E-state index contributed by atoms with van der Waals surface area (Å²) in [6, 6.07) is 0.284. The fraction of sp³-hybridized carbons (Fsp3) is 0.667. The van der Waals surface area contributed by atoms with Crippen molar-refractivity contribution in [3.05, 3.63) is 12.4 Å². The van der Waals surface area contributed by atoms with E-state index in [0.29, 0.717) is 0 Å². The van der Waals surface area contributed by atoms with Crippen LogP contribution in [0.3, 0.4) is 0 Å². The van der Waals surface area contributed by atoms with E-state index in [0.717, 1.165) is 23.9 Å². The lowest BCUT2D eigenvalue weighted by Crippen LogP contribution is -2.21. The molecule has 0 aliphatic rings. The predicted octanol–water partition coefficient (Wildman–Crippen LogP) is 1.73. The Morgan fingerprint density at radius 1 is 1.62 bits per heavy atom. The highest BCUT2D eigenvalue weighted by molar-refractivity contribution is 7.99. The van der Waals surface area contributed by atoms with E-state index in [9.17, 15) is 0 Å². The fourth-order valence-electron chi connectivity index (χ4n) is 0.976. The van der Waals surface area contributed by atoms with Crippen LogP contribution < -0.4 is 5.73 Å². The van der Waals surface area contributed by atoms with Crippen molar-refractivity contribution in [1.82, 2.24) is 9.55 Å². The Labute approximate surface area is 83.7 Å². The van der Waals surface area contributed by atoms with Crippen molar-refractivity contribution in [3.63, 3.8) is 0 Å². The molecule has 0 aliphatic carbocycles. The molecule has 0 bridgehead atoms. The Hall–Kier alpha value is -0.480. The zero-order valence-electron chi connectivity index (χ0n) is 8.23. The molecule has 0 saturated heterocycles. The van der Waals surface area contributed by atoms with E-state index >= 15 is 0 Å². The molecule has 1 heterocycles. The van der Waals surface area contributed by atoms with Crippen molar-refractivity contribution < 1.29 is 0 Å². The summed E-state index contributed by atoms with van der Waals surface area (Å²) < 4.78 is 2.13. The van der Waals surface area contributed by atoms with Gasteiger partial charge < -0.3 is 10.3 Å². The average molecular weight is 199 g/mol. The summed E-state index contributed by atoms with van der Waals surface area (Å²) in [7, 11) is 0. The van der Waals surface area contributed by atoms with Gasteiger partial charge in [0.1, 0.15) is 0 Å². The molecule has 3 nitrogen and oxygen atoms in total. The Bertz CT molecular complexity index is 247. The van der Waals surface area contributed by atoms with Gasteiger partial charge in [0.25, 0.3) is 0 Å². The summed E-state index contributed by atoms with van der Waals surface area (Å²) in [6.07, 6.45) is 4.86. The second-order valence-electron chi connectivity index (χ2n) is 2.98. The van der Waals surface area contributed by atoms with Crippen molar-refractivity contribution in [2.24, 2.45) is 5.73 Å². The molecular formula is C9H17N3S. The van der Waals surface area contributed by atoms with Crippen LogP contribution in [0.15, 0.2) is 17.6 Å². The van der Waals surface area contributed by atoms with Gasteiger partial charge in [-0.15, -0.1) is 0 Å². The van der Waals surface area contributed by atoms with Gasteiger partial charge >= 0.3 is 0 Å².